The number of carbonyl (C=O) groups excluding carboxylic acids is 8. The van der Waals surface area contributed by atoms with Crippen LogP contribution in [0.25, 0.3) is 0 Å². The first kappa shape index (κ1) is 45.6. The fourth-order valence-electron chi connectivity index (χ4n) is 5.62. The average molecular weight is 809 g/mol. The molecular formula is C37H44O20. The number of esters is 8. The standard InChI is InChI=1S/C37H44O20/c1-18(38)47-16-28-30(49-20(3)40)32(51-22(5)42)34(53-24(7)44)36(56-28)46-15-9-10-26-11-13-27(14-12-26)55-37-35(54-25(8)45)33(52-23(6)43)31(50-21(4)41)29(57-37)17-48-19(2)39/h11-14,28-37H,15-17H2,1-8H3/t28-,29-,30-,31-,32+,33+,34-,35-,36+,37+/m1/s1. The second-order valence-corrected chi connectivity index (χ2v) is 12.4. The van der Waals surface area contributed by atoms with Crippen molar-refractivity contribution in [3.05, 3.63) is 29.8 Å². The minimum absolute atomic E-state index is 0.162. The summed E-state index contributed by atoms with van der Waals surface area (Å²) >= 11 is 0. The molecule has 2 aliphatic heterocycles. The van der Waals surface area contributed by atoms with E-state index in [2.05, 4.69) is 11.8 Å². The van der Waals surface area contributed by atoms with Gasteiger partial charge in [0.2, 0.25) is 12.4 Å². The van der Waals surface area contributed by atoms with Crippen molar-refractivity contribution < 1.29 is 95.2 Å². The van der Waals surface area contributed by atoms with Crippen LogP contribution in [0.2, 0.25) is 0 Å². The molecule has 0 bridgehead atoms. The van der Waals surface area contributed by atoms with Gasteiger partial charge in [0.05, 0.1) is 0 Å². The highest BCUT2D eigenvalue weighted by atomic mass is 16.7. The van der Waals surface area contributed by atoms with Crippen LogP contribution in [0.5, 0.6) is 5.75 Å². The summed E-state index contributed by atoms with van der Waals surface area (Å²) < 4.78 is 66.0. The number of hydrogen-bond acceptors (Lipinski definition) is 20. The molecule has 2 saturated heterocycles. The lowest BCUT2D eigenvalue weighted by atomic mass is 9.98. The smallest absolute Gasteiger partial charge is 0.303 e. The second kappa shape index (κ2) is 21.5. The number of benzene rings is 1. The van der Waals surface area contributed by atoms with Crippen molar-refractivity contribution in [2.45, 2.75) is 117 Å². The topological polar surface area (TPSA) is 247 Å². The Kier molecular flexibility index (Phi) is 17.2. The van der Waals surface area contributed by atoms with Gasteiger partial charge in [-0.1, -0.05) is 11.8 Å². The third-order valence-electron chi connectivity index (χ3n) is 7.56. The molecule has 2 fully saturated rings. The lowest BCUT2D eigenvalue weighted by molar-refractivity contribution is -0.305. The summed E-state index contributed by atoms with van der Waals surface area (Å²) in [6, 6.07) is 6.06. The van der Waals surface area contributed by atoms with Gasteiger partial charge in [-0.05, 0) is 24.3 Å². The molecule has 10 atom stereocenters. The predicted molar refractivity (Wildman–Crippen MR) is 184 cm³/mol. The van der Waals surface area contributed by atoms with E-state index < -0.39 is 122 Å². The van der Waals surface area contributed by atoms with E-state index in [1.54, 1.807) is 12.1 Å². The molecule has 3 rings (SSSR count). The summed E-state index contributed by atoms with van der Waals surface area (Å²) in [6.07, 6.45) is -13.8. The summed E-state index contributed by atoms with van der Waals surface area (Å²) in [5, 5.41) is 0. The quantitative estimate of drug-likeness (QED) is 0.142. The lowest BCUT2D eigenvalue weighted by Gasteiger charge is -2.43. The molecule has 57 heavy (non-hydrogen) atoms. The first-order valence-corrected chi connectivity index (χ1v) is 17.3. The fourth-order valence-corrected chi connectivity index (χ4v) is 5.62. The summed E-state index contributed by atoms with van der Waals surface area (Å²) in [6.45, 7) is 7.66. The largest absolute Gasteiger partial charge is 0.463 e. The van der Waals surface area contributed by atoms with E-state index in [1.807, 2.05) is 0 Å². The summed E-state index contributed by atoms with van der Waals surface area (Å²) in [5.74, 6) is -0.349. The van der Waals surface area contributed by atoms with Gasteiger partial charge in [0.1, 0.15) is 37.8 Å². The maximum absolute atomic E-state index is 12.1. The minimum atomic E-state index is -1.46. The van der Waals surface area contributed by atoms with E-state index in [9.17, 15) is 38.4 Å². The normalized spacial score (nSPS) is 26.5. The van der Waals surface area contributed by atoms with E-state index in [0.717, 1.165) is 55.4 Å². The Labute approximate surface area is 326 Å². The highest BCUT2D eigenvalue weighted by molar-refractivity contribution is 5.70. The SMILES string of the molecule is CC(=O)OC[C@H]1O[C@H](OCC#Cc2ccc(O[C@H]3O[C@H](COC(C)=O)[C@@H](OC(C)=O)[C@H](OC(C)=O)[C@H]3OC(C)=O)cc2)[C@H](OC(C)=O)[C@@H](OC(C)=O)[C@@H]1OC(C)=O. The Balaban J connectivity index is 1.83. The summed E-state index contributed by atoms with van der Waals surface area (Å²) in [5.41, 5.74) is 0.439. The van der Waals surface area contributed by atoms with Crippen LogP contribution in [0.4, 0.5) is 0 Å². The van der Waals surface area contributed by atoms with Gasteiger partial charge < -0.3 is 56.8 Å². The maximum atomic E-state index is 12.1. The zero-order valence-corrected chi connectivity index (χ0v) is 32.4. The van der Waals surface area contributed by atoms with Crippen molar-refractivity contribution in [2.24, 2.45) is 0 Å². The van der Waals surface area contributed by atoms with Gasteiger partial charge in [0.15, 0.2) is 36.8 Å². The molecule has 312 valence electrons. The third kappa shape index (κ3) is 14.7. The zero-order chi connectivity index (χ0) is 42.4. The van der Waals surface area contributed by atoms with Gasteiger partial charge in [-0.2, -0.15) is 0 Å². The number of hydrogen-bond donors (Lipinski definition) is 0. The molecule has 1 aromatic carbocycles. The van der Waals surface area contributed by atoms with Crippen LogP contribution >= 0.6 is 0 Å². The zero-order valence-electron chi connectivity index (χ0n) is 32.4. The van der Waals surface area contributed by atoms with Crippen molar-refractivity contribution in [1.82, 2.24) is 0 Å². The monoisotopic (exact) mass is 808 g/mol. The molecular weight excluding hydrogens is 764 g/mol. The van der Waals surface area contributed by atoms with Crippen LogP contribution in [0, 0.1) is 11.8 Å². The van der Waals surface area contributed by atoms with E-state index in [-0.39, 0.29) is 12.4 Å². The Morgan fingerprint density at radius 2 is 0.860 bits per heavy atom. The molecule has 0 aliphatic carbocycles. The second-order valence-electron chi connectivity index (χ2n) is 12.4. The van der Waals surface area contributed by atoms with Crippen LogP contribution in [0.15, 0.2) is 24.3 Å². The molecule has 1 aromatic rings. The Morgan fingerprint density at radius 1 is 0.491 bits per heavy atom. The average Bonchev–Trinajstić information content (AvgIpc) is 3.09. The third-order valence-corrected chi connectivity index (χ3v) is 7.56. The highest BCUT2D eigenvalue weighted by Crippen LogP contribution is 2.32. The van der Waals surface area contributed by atoms with Crippen LogP contribution in [0.1, 0.15) is 61.0 Å². The Morgan fingerprint density at radius 3 is 1.26 bits per heavy atom. The first-order chi connectivity index (χ1) is 26.8. The van der Waals surface area contributed by atoms with E-state index in [4.69, 9.17) is 56.8 Å². The molecule has 0 aromatic heterocycles. The number of ether oxygens (including phenoxy) is 12. The first-order valence-electron chi connectivity index (χ1n) is 17.3. The minimum Gasteiger partial charge on any atom is -0.463 e. The maximum Gasteiger partial charge on any atom is 0.303 e. The van der Waals surface area contributed by atoms with Crippen LogP contribution in [0.3, 0.4) is 0 Å². The van der Waals surface area contributed by atoms with E-state index >= 15 is 0 Å². The molecule has 0 N–H and O–H groups in total. The lowest BCUT2D eigenvalue weighted by Crippen LogP contribution is -2.63. The van der Waals surface area contributed by atoms with Crippen molar-refractivity contribution in [3.8, 4) is 17.6 Å². The van der Waals surface area contributed by atoms with Crippen molar-refractivity contribution in [2.75, 3.05) is 19.8 Å². The number of carbonyl (C=O) groups is 8. The van der Waals surface area contributed by atoms with Gasteiger partial charge in [-0.15, -0.1) is 0 Å². The molecule has 0 saturated carbocycles. The van der Waals surface area contributed by atoms with Crippen LogP contribution in [-0.2, 0) is 90.5 Å². The van der Waals surface area contributed by atoms with Crippen molar-refractivity contribution >= 4 is 47.8 Å². The molecule has 0 amide bonds. The fraction of sp³-hybridized carbons (Fsp3) is 0.568. The van der Waals surface area contributed by atoms with Crippen molar-refractivity contribution in [1.29, 1.82) is 0 Å². The molecule has 20 heteroatoms. The summed E-state index contributed by atoms with van der Waals surface area (Å²) in [4.78, 5) is 95.4. The van der Waals surface area contributed by atoms with Gasteiger partial charge in [0, 0.05) is 61.0 Å². The van der Waals surface area contributed by atoms with Gasteiger partial charge in [-0.25, -0.2) is 0 Å². The molecule has 0 radical (unpaired) electrons. The van der Waals surface area contributed by atoms with Gasteiger partial charge >= 0.3 is 47.8 Å². The van der Waals surface area contributed by atoms with Gasteiger partial charge in [0.25, 0.3) is 0 Å². The highest BCUT2D eigenvalue weighted by Gasteiger charge is 2.54. The molecule has 0 spiro atoms. The van der Waals surface area contributed by atoms with Crippen LogP contribution in [-0.4, -0.2) is 129 Å². The van der Waals surface area contributed by atoms with E-state index in [0.29, 0.717) is 5.56 Å². The molecule has 2 heterocycles. The molecule has 2 aliphatic rings. The van der Waals surface area contributed by atoms with Crippen molar-refractivity contribution in [3.63, 3.8) is 0 Å². The Hall–Kier alpha value is -5.78. The van der Waals surface area contributed by atoms with Gasteiger partial charge in [-0.3, -0.25) is 38.4 Å². The van der Waals surface area contributed by atoms with Crippen LogP contribution < -0.4 is 4.74 Å². The number of rotatable bonds is 14. The Bertz CT molecular complexity index is 1690. The van der Waals surface area contributed by atoms with E-state index in [1.165, 1.54) is 12.1 Å². The predicted octanol–water partition coefficient (Wildman–Crippen LogP) is 0.600. The molecule has 20 nitrogen and oxygen atoms in total. The molecule has 0 unspecified atom stereocenters. The summed E-state index contributed by atoms with van der Waals surface area (Å²) in [7, 11) is 0.